The molecule has 1 aromatic rings. The molecule has 0 aromatic heterocycles. The van der Waals surface area contributed by atoms with Crippen molar-refractivity contribution >= 4 is 23.8 Å². The number of nitro groups is 1. The summed E-state index contributed by atoms with van der Waals surface area (Å²) in [5.41, 5.74) is -0.0436. The van der Waals surface area contributed by atoms with Crippen LogP contribution in [0.25, 0.3) is 0 Å². The van der Waals surface area contributed by atoms with Gasteiger partial charge in [-0.25, -0.2) is 4.79 Å². The number of para-hydroxylation sites is 1. The minimum Gasteiger partial charge on any atom is -0.469 e. The molecule has 1 aromatic carbocycles. The molecule has 10 nitrogen and oxygen atoms in total. The smallest absolute Gasteiger partial charge is 0.469 e. The highest BCUT2D eigenvalue weighted by molar-refractivity contribution is 5.74. The van der Waals surface area contributed by atoms with E-state index in [0.29, 0.717) is 0 Å². The van der Waals surface area contributed by atoms with E-state index < -0.39 is 35.7 Å². The Morgan fingerprint density at radius 1 is 1.08 bits per heavy atom. The van der Waals surface area contributed by atoms with Crippen LogP contribution in [-0.4, -0.2) is 43.3 Å². The quantitative estimate of drug-likeness (QED) is 0.296. The molecule has 0 bridgehead atoms. The number of esters is 2. The summed E-state index contributed by atoms with van der Waals surface area (Å²) in [5, 5.41) is 10.9. The van der Waals surface area contributed by atoms with Crippen LogP contribution in [0.2, 0.25) is 0 Å². The molecule has 0 aliphatic heterocycles. The fraction of sp³-hybridized carbons (Fsp3) is 0.400. The Bertz CT molecular complexity index is 626. The zero-order valence-electron chi connectivity index (χ0n) is 13.6. The lowest BCUT2D eigenvalue weighted by atomic mass is 10.2. The molecular weight excluding hydrogens is 338 g/mol. The highest BCUT2D eigenvalue weighted by Gasteiger charge is 2.24. The maximum Gasteiger partial charge on any atom is 0.508 e. The van der Waals surface area contributed by atoms with Crippen molar-refractivity contribution in [3.63, 3.8) is 0 Å². The van der Waals surface area contributed by atoms with Crippen molar-refractivity contribution in [1.29, 1.82) is 0 Å². The number of hydrogen-bond donors (Lipinski definition) is 0. The summed E-state index contributed by atoms with van der Waals surface area (Å²) in [6.07, 6.45) is -3.06. The molecule has 136 valence electrons. The minimum atomic E-state index is -1.18. The van der Waals surface area contributed by atoms with Gasteiger partial charge in [0.05, 0.1) is 37.5 Å². The number of nitro benzene ring substituents is 1. The van der Waals surface area contributed by atoms with Crippen molar-refractivity contribution in [2.24, 2.45) is 0 Å². The van der Waals surface area contributed by atoms with Crippen LogP contribution >= 0.6 is 0 Å². The van der Waals surface area contributed by atoms with Gasteiger partial charge in [-0.15, -0.1) is 0 Å². The number of hydrogen-bond acceptors (Lipinski definition) is 9. The second-order valence-electron chi connectivity index (χ2n) is 4.72. The Morgan fingerprint density at radius 3 is 2.16 bits per heavy atom. The van der Waals surface area contributed by atoms with E-state index in [1.165, 1.54) is 18.2 Å². The number of carbonyl (C=O) groups is 3. The van der Waals surface area contributed by atoms with Gasteiger partial charge in [0.2, 0.25) is 0 Å². The van der Waals surface area contributed by atoms with Crippen LogP contribution in [-0.2, 0) is 35.1 Å². The van der Waals surface area contributed by atoms with Gasteiger partial charge in [0.25, 0.3) is 5.69 Å². The monoisotopic (exact) mass is 355 g/mol. The van der Waals surface area contributed by atoms with Gasteiger partial charge in [-0.3, -0.25) is 19.7 Å². The third kappa shape index (κ3) is 6.85. The molecule has 0 heterocycles. The first kappa shape index (κ1) is 19.9. The zero-order valence-corrected chi connectivity index (χ0v) is 13.6. The summed E-state index contributed by atoms with van der Waals surface area (Å²) in [7, 11) is 2.29. The van der Waals surface area contributed by atoms with Crippen LogP contribution in [0.3, 0.4) is 0 Å². The van der Waals surface area contributed by atoms with Crippen LogP contribution in [0.4, 0.5) is 10.5 Å². The van der Waals surface area contributed by atoms with E-state index in [1.807, 2.05) is 0 Å². The molecule has 0 aliphatic carbocycles. The molecule has 0 spiro atoms. The fourth-order valence-corrected chi connectivity index (χ4v) is 1.81. The Balaban J connectivity index is 2.66. The van der Waals surface area contributed by atoms with E-state index in [2.05, 4.69) is 9.47 Å². The first-order chi connectivity index (χ1) is 11.9. The van der Waals surface area contributed by atoms with Gasteiger partial charge in [0.1, 0.15) is 12.7 Å². The Hall–Kier alpha value is -3.17. The van der Waals surface area contributed by atoms with E-state index in [-0.39, 0.29) is 24.1 Å². The predicted octanol–water partition coefficient (Wildman–Crippen LogP) is 1.74. The molecule has 0 aliphatic rings. The second-order valence-corrected chi connectivity index (χ2v) is 4.72. The first-order valence-corrected chi connectivity index (χ1v) is 7.06. The standard InChI is InChI=1S/C15H17NO9/c1-22-13(17)7-11(8-14(18)23-2)25-15(19)24-9-10-5-3-4-6-12(10)16(20)21/h3-6,11H,7-9H2,1-2H3. The summed E-state index contributed by atoms with van der Waals surface area (Å²) < 4.78 is 18.6. The third-order valence-corrected chi connectivity index (χ3v) is 3.04. The average Bonchev–Trinajstić information content (AvgIpc) is 2.59. The van der Waals surface area contributed by atoms with Crippen molar-refractivity contribution in [3.8, 4) is 0 Å². The zero-order chi connectivity index (χ0) is 18.8. The Morgan fingerprint density at radius 2 is 1.64 bits per heavy atom. The predicted molar refractivity (Wildman–Crippen MR) is 81.4 cm³/mol. The summed E-state index contributed by atoms with van der Waals surface area (Å²) in [4.78, 5) is 44.6. The fourth-order valence-electron chi connectivity index (χ4n) is 1.81. The van der Waals surface area contributed by atoms with E-state index in [1.54, 1.807) is 6.07 Å². The molecule has 0 fully saturated rings. The van der Waals surface area contributed by atoms with Crippen molar-refractivity contribution < 1.29 is 38.3 Å². The number of carbonyl (C=O) groups excluding carboxylic acids is 3. The minimum absolute atomic E-state index is 0.168. The van der Waals surface area contributed by atoms with Crippen molar-refractivity contribution in [2.75, 3.05) is 14.2 Å². The topological polar surface area (TPSA) is 131 Å². The van der Waals surface area contributed by atoms with Gasteiger partial charge >= 0.3 is 18.1 Å². The van der Waals surface area contributed by atoms with Crippen molar-refractivity contribution in [2.45, 2.75) is 25.6 Å². The Kier molecular flexibility index (Phi) is 7.83. The summed E-state index contributed by atoms with van der Waals surface area (Å²) in [6, 6.07) is 5.71. The summed E-state index contributed by atoms with van der Waals surface area (Å²) in [6.45, 7) is -0.404. The molecule has 0 saturated carbocycles. The molecule has 1 rings (SSSR count). The van der Waals surface area contributed by atoms with Crippen LogP contribution in [0, 0.1) is 10.1 Å². The lowest BCUT2D eigenvalue weighted by Gasteiger charge is -2.15. The molecule has 0 atom stereocenters. The van der Waals surface area contributed by atoms with Crippen LogP contribution in [0.15, 0.2) is 24.3 Å². The van der Waals surface area contributed by atoms with Crippen LogP contribution < -0.4 is 0 Å². The highest BCUT2D eigenvalue weighted by atomic mass is 16.7. The average molecular weight is 355 g/mol. The van der Waals surface area contributed by atoms with Gasteiger partial charge in [0, 0.05) is 6.07 Å². The van der Waals surface area contributed by atoms with Gasteiger partial charge < -0.3 is 18.9 Å². The summed E-state index contributed by atoms with van der Waals surface area (Å²) >= 11 is 0. The number of ether oxygens (including phenoxy) is 4. The van der Waals surface area contributed by atoms with Crippen molar-refractivity contribution in [3.05, 3.63) is 39.9 Å². The van der Waals surface area contributed by atoms with E-state index in [0.717, 1.165) is 14.2 Å². The summed E-state index contributed by atoms with van der Waals surface area (Å²) in [5.74, 6) is -1.39. The number of benzene rings is 1. The molecule has 0 N–H and O–H groups in total. The van der Waals surface area contributed by atoms with Crippen molar-refractivity contribution in [1.82, 2.24) is 0 Å². The van der Waals surface area contributed by atoms with E-state index in [9.17, 15) is 24.5 Å². The van der Waals surface area contributed by atoms with Crippen LogP contribution in [0.1, 0.15) is 18.4 Å². The molecular formula is C15H17NO9. The van der Waals surface area contributed by atoms with Gasteiger partial charge in [-0.05, 0) is 6.07 Å². The molecule has 0 unspecified atom stereocenters. The van der Waals surface area contributed by atoms with Gasteiger partial charge in [-0.2, -0.15) is 0 Å². The molecule has 25 heavy (non-hydrogen) atoms. The lowest BCUT2D eigenvalue weighted by molar-refractivity contribution is -0.385. The third-order valence-electron chi connectivity index (χ3n) is 3.04. The van der Waals surface area contributed by atoms with Gasteiger partial charge in [0.15, 0.2) is 0 Å². The van der Waals surface area contributed by atoms with Gasteiger partial charge in [-0.1, -0.05) is 12.1 Å². The SMILES string of the molecule is COC(=O)CC(CC(=O)OC)OC(=O)OCc1ccccc1[N+](=O)[O-]. The first-order valence-electron chi connectivity index (χ1n) is 7.06. The normalized spacial score (nSPS) is 10.0. The molecule has 10 heteroatoms. The Labute approximate surface area is 142 Å². The molecule has 0 amide bonds. The molecule has 0 saturated heterocycles. The van der Waals surface area contributed by atoms with Crippen LogP contribution in [0.5, 0.6) is 0 Å². The maximum absolute atomic E-state index is 11.7. The van der Waals surface area contributed by atoms with E-state index >= 15 is 0 Å². The largest absolute Gasteiger partial charge is 0.508 e. The number of nitrogens with zero attached hydrogens (tertiary/aromatic N) is 1. The maximum atomic E-state index is 11.7. The lowest BCUT2D eigenvalue weighted by Crippen LogP contribution is -2.26. The number of methoxy groups -OCH3 is 2. The van der Waals surface area contributed by atoms with E-state index in [4.69, 9.17) is 9.47 Å². The highest BCUT2D eigenvalue weighted by Crippen LogP contribution is 2.19. The molecule has 0 radical (unpaired) electrons. The number of rotatable bonds is 8. The second kappa shape index (κ2) is 9.85.